The third-order valence-electron chi connectivity index (χ3n) is 4.93. The van der Waals surface area contributed by atoms with Crippen LogP contribution in [0, 0.1) is 23.2 Å². The van der Waals surface area contributed by atoms with Gasteiger partial charge in [-0.1, -0.05) is 27.7 Å². The molecule has 2 N–H and O–H groups in total. The maximum absolute atomic E-state index is 12.5. The number of nitrogens with zero attached hydrogens (tertiary/aromatic N) is 1. The fraction of sp³-hybridized carbons (Fsp3) is 0.941. The molecule has 1 heterocycles. The highest BCUT2D eigenvalue weighted by atomic mass is 16.2. The van der Waals surface area contributed by atoms with Gasteiger partial charge in [0.15, 0.2) is 0 Å². The molecule has 1 saturated carbocycles. The summed E-state index contributed by atoms with van der Waals surface area (Å²) in [6.07, 6.45) is 5.30. The molecule has 3 nitrogen and oxygen atoms in total. The lowest BCUT2D eigenvalue weighted by atomic mass is 9.79. The Morgan fingerprint density at radius 2 is 1.90 bits per heavy atom. The molecule has 0 aromatic carbocycles. The molecule has 1 saturated heterocycles. The van der Waals surface area contributed by atoms with Crippen molar-refractivity contribution in [3.63, 3.8) is 0 Å². The van der Waals surface area contributed by atoms with E-state index in [1.807, 2.05) is 0 Å². The topological polar surface area (TPSA) is 46.3 Å². The van der Waals surface area contributed by atoms with Crippen molar-refractivity contribution in [2.75, 3.05) is 13.1 Å². The summed E-state index contributed by atoms with van der Waals surface area (Å²) in [7, 11) is 0. The predicted molar refractivity (Wildman–Crippen MR) is 83.2 cm³/mol. The molecular formula is C17H32N2O. The zero-order valence-electron chi connectivity index (χ0n) is 13.7. The summed E-state index contributed by atoms with van der Waals surface area (Å²) in [6.45, 7) is 10.9. The fourth-order valence-corrected chi connectivity index (χ4v) is 4.22. The minimum atomic E-state index is 0.311. The Hall–Kier alpha value is -0.570. The number of fused-ring (bicyclic) bond motifs is 1. The number of carbonyl (C=O) groups is 1. The molecule has 0 aromatic rings. The molecule has 0 bridgehead atoms. The Labute approximate surface area is 124 Å². The molecule has 2 unspecified atom stereocenters. The van der Waals surface area contributed by atoms with Crippen molar-refractivity contribution in [2.24, 2.45) is 28.9 Å². The number of hydrogen-bond acceptors (Lipinski definition) is 2. The minimum absolute atomic E-state index is 0.311. The van der Waals surface area contributed by atoms with Gasteiger partial charge in [0.2, 0.25) is 5.91 Å². The van der Waals surface area contributed by atoms with Gasteiger partial charge in [-0.05, 0) is 48.9 Å². The zero-order chi connectivity index (χ0) is 14.9. The maximum Gasteiger partial charge on any atom is 0.222 e. The number of nitrogens with two attached hydrogens (primary N) is 1. The first-order valence-electron chi connectivity index (χ1n) is 8.28. The molecule has 0 aromatic heterocycles. The van der Waals surface area contributed by atoms with E-state index in [0.717, 1.165) is 38.3 Å². The summed E-state index contributed by atoms with van der Waals surface area (Å²) >= 11 is 0. The molecule has 20 heavy (non-hydrogen) atoms. The fourth-order valence-electron chi connectivity index (χ4n) is 4.22. The van der Waals surface area contributed by atoms with Gasteiger partial charge in [0, 0.05) is 25.6 Å². The van der Waals surface area contributed by atoms with Gasteiger partial charge in [-0.15, -0.1) is 0 Å². The highest BCUT2D eigenvalue weighted by Crippen LogP contribution is 2.36. The van der Waals surface area contributed by atoms with Crippen molar-refractivity contribution in [3.8, 4) is 0 Å². The van der Waals surface area contributed by atoms with Crippen molar-refractivity contribution in [3.05, 3.63) is 0 Å². The maximum atomic E-state index is 12.5. The molecule has 1 aliphatic heterocycles. The van der Waals surface area contributed by atoms with Crippen LogP contribution >= 0.6 is 0 Å². The first kappa shape index (κ1) is 15.8. The van der Waals surface area contributed by atoms with Crippen LogP contribution in [-0.4, -0.2) is 29.9 Å². The van der Waals surface area contributed by atoms with Gasteiger partial charge in [0.05, 0.1) is 0 Å². The summed E-state index contributed by atoms with van der Waals surface area (Å²) in [5, 5.41) is 0. The van der Waals surface area contributed by atoms with Crippen LogP contribution in [0.25, 0.3) is 0 Å². The SMILES string of the molecule is CC(CC(=O)N1C[C@H]2CCC(N)C[C@H]2C1)CC(C)(C)C. The van der Waals surface area contributed by atoms with Gasteiger partial charge in [0.1, 0.15) is 0 Å². The third kappa shape index (κ3) is 4.21. The van der Waals surface area contributed by atoms with E-state index < -0.39 is 0 Å². The van der Waals surface area contributed by atoms with Crippen molar-refractivity contribution in [1.29, 1.82) is 0 Å². The molecule has 0 radical (unpaired) electrons. The van der Waals surface area contributed by atoms with E-state index in [1.165, 1.54) is 6.42 Å². The monoisotopic (exact) mass is 280 g/mol. The van der Waals surface area contributed by atoms with Gasteiger partial charge >= 0.3 is 0 Å². The molecule has 1 aliphatic carbocycles. The lowest BCUT2D eigenvalue weighted by Gasteiger charge is -2.27. The second-order valence-corrected chi connectivity index (χ2v) is 8.47. The van der Waals surface area contributed by atoms with E-state index in [1.54, 1.807) is 0 Å². The van der Waals surface area contributed by atoms with Crippen molar-refractivity contribution in [1.82, 2.24) is 4.90 Å². The molecule has 0 spiro atoms. The predicted octanol–water partition coefficient (Wildman–Crippen LogP) is 3.03. The number of amides is 1. The summed E-state index contributed by atoms with van der Waals surface area (Å²) in [6, 6.07) is 0.367. The standard InChI is InChI=1S/C17H32N2O/c1-12(9-17(2,3)4)7-16(20)19-10-13-5-6-15(18)8-14(13)11-19/h12-15H,5-11,18H2,1-4H3/t12?,13-,14+,15?/m1/s1. The summed E-state index contributed by atoms with van der Waals surface area (Å²) in [5.41, 5.74) is 6.37. The van der Waals surface area contributed by atoms with Crippen LogP contribution in [0.2, 0.25) is 0 Å². The summed E-state index contributed by atoms with van der Waals surface area (Å²) < 4.78 is 0. The number of rotatable bonds is 3. The highest BCUT2D eigenvalue weighted by Gasteiger charge is 2.38. The van der Waals surface area contributed by atoms with Gasteiger partial charge in [-0.3, -0.25) is 4.79 Å². The number of hydrogen-bond donors (Lipinski definition) is 1. The number of carbonyl (C=O) groups excluding carboxylic acids is 1. The first-order chi connectivity index (χ1) is 9.24. The van der Waals surface area contributed by atoms with Crippen LogP contribution in [0.15, 0.2) is 0 Å². The van der Waals surface area contributed by atoms with E-state index in [4.69, 9.17) is 5.73 Å². The van der Waals surface area contributed by atoms with Crippen LogP contribution in [0.1, 0.15) is 59.8 Å². The van der Waals surface area contributed by atoms with Crippen molar-refractivity contribution in [2.45, 2.75) is 65.8 Å². The van der Waals surface area contributed by atoms with E-state index in [2.05, 4.69) is 32.6 Å². The molecular weight excluding hydrogens is 248 g/mol. The lowest BCUT2D eigenvalue weighted by Crippen LogP contribution is -2.32. The third-order valence-corrected chi connectivity index (χ3v) is 4.93. The first-order valence-corrected chi connectivity index (χ1v) is 8.28. The number of likely N-dealkylation sites (tertiary alicyclic amines) is 1. The van der Waals surface area contributed by atoms with Crippen LogP contribution in [-0.2, 0) is 4.79 Å². The highest BCUT2D eigenvalue weighted by molar-refractivity contribution is 5.76. The van der Waals surface area contributed by atoms with Gasteiger partial charge in [0.25, 0.3) is 0 Å². The zero-order valence-corrected chi connectivity index (χ0v) is 13.7. The molecule has 1 amide bonds. The second-order valence-electron chi connectivity index (χ2n) is 8.47. The van der Waals surface area contributed by atoms with Crippen LogP contribution in [0.5, 0.6) is 0 Å². The Morgan fingerprint density at radius 3 is 2.55 bits per heavy atom. The smallest absolute Gasteiger partial charge is 0.222 e. The summed E-state index contributed by atoms with van der Waals surface area (Å²) in [5.74, 6) is 2.23. The van der Waals surface area contributed by atoms with E-state index in [9.17, 15) is 4.79 Å². The minimum Gasteiger partial charge on any atom is -0.342 e. The molecule has 2 rings (SSSR count). The molecule has 116 valence electrons. The van der Waals surface area contributed by atoms with Crippen molar-refractivity contribution >= 4 is 5.91 Å². The Morgan fingerprint density at radius 1 is 1.25 bits per heavy atom. The van der Waals surface area contributed by atoms with Gasteiger partial charge in [-0.2, -0.15) is 0 Å². The van der Waals surface area contributed by atoms with E-state index in [-0.39, 0.29) is 0 Å². The van der Waals surface area contributed by atoms with Gasteiger partial charge < -0.3 is 10.6 Å². The normalized spacial score (nSPS) is 32.0. The Kier molecular flexibility index (Phi) is 4.78. The molecule has 2 aliphatic rings. The molecule has 3 heteroatoms. The Balaban J connectivity index is 1.82. The van der Waals surface area contributed by atoms with Gasteiger partial charge in [-0.25, -0.2) is 0 Å². The van der Waals surface area contributed by atoms with E-state index in [0.29, 0.717) is 35.6 Å². The molecule has 2 fully saturated rings. The largest absolute Gasteiger partial charge is 0.342 e. The van der Waals surface area contributed by atoms with Crippen LogP contribution in [0.3, 0.4) is 0 Å². The quantitative estimate of drug-likeness (QED) is 0.863. The second kappa shape index (κ2) is 6.05. The Bertz CT molecular complexity index is 347. The van der Waals surface area contributed by atoms with Crippen molar-refractivity contribution < 1.29 is 4.79 Å². The van der Waals surface area contributed by atoms with Crippen LogP contribution < -0.4 is 5.73 Å². The average molecular weight is 280 g/mol. The van der Waals surface area contributed by atoms with E-state index >= 15 is 0 Å². The average Bonchev–Trinajstić information content (AvgIpc) is 2.68. The lowest BCUT2D eigenvalue weighted by molar-refractivity contribution is -0.131. The van der Waals surface area contributed by atoms with Crippen LogP contribution in [0.4, 0.5) is 0 Å². The summed E-state index contributed by atoms with van der Waals surface area (Å²) in [4.78, 5) is 14.6. The molecule has 4 atom stereocenters.